The normalized spacial score (nSPS) is 11.8. The highest BCUT2D eigenvalue weighted by atomic mass is 79.9. The Morgan fingerprint density at radius 2 is 2.05 bits per heavy atom. The molecule has 0 aliphatic carbocycles. The number of amides is 1. The molecular formula is C14H18BrNO5. The standard InChI is InChI=1S/C14H18BrNO5/c1-10(21-12-6-4-3-5-11(12)15)14(19)16(7-8-20-2)9-13(17)18/h3-6,10H,7-9H2,1-2H3,(H,17,18). The van der Waals surface area contributed by atoms with Gasteiger partial charge in [0.15, 0.2) is 6.10 Å². The Morgan fingerprint density at radius 1 is 1.38 bits per heavy atom. The molecule has 0 radical (unpaired) electrons. The van der Waals surface area contributed by atoms with Crippen LogP contribution in [0.2, 0.25) is 0 Å². The van der Waals surface area contributed by atoms with E-state index in [9.17, 15) is 9.59 Å². The zero-order valence-electron chi connectivity index (χ0n) is 11.9. The van der Waals surface area contributed by atoms with Crippen LogP contribution in [0.3, 0.4) is 0 Å². The van der Waals surface area contributed by atoms with E-state index >= 15 is 0 Å². The maximum absolute atomic E-state index is 12.3. The molecule has 0 fully saturated rings. The number of hydrogen-bond acceptors (Lipinski definition) is 4. The number of carboxylic acids is 1. The fourth-order valence-corrected chi connectivity index (χ4v) is 2.05. The van der Waals surface area contributed by atoms with Crippen LogP contribution in [0.25, 0.3) is 0 Å². The minimum atomic E-state index is -1.08. The van der Waals surface area contributed by atoms with Gasteiger partial charge in [-0.2, -0.15) is 0 Å². The van der Waals surface area contributed by atoms with Gasteiger partial charge in [0.2, 0.25) is 0 Å². The van der Waals surface area contributed by atoms with E-state index in [1.807, 2.05) is 6.07 Å². The second kappa shape index (κ2) is 8.63. The van der Waals surface area contributed by atoms with Gasteiger partial charge in [-0.25, -0.2) is 0 Å². The summed E-state index contributed by atoms with van der Waals surface area (Å²) in [4.78, 5) is 24.3. The van der Waals surface area contributed by atoms with Crippen molar-refractivity contribution in [1.82, 2.24) is 4.90 Å². The molecule has 1 amide bonds. The molecule has 0 saturated heterocycles. The first kappa shape index (κ1) is 17.5. The summed E-state index contributed by atoms with van der Waals surface area (Å²) in [7, 11) is 1.49. The zero-order valence-corrected chi connectivity index (χ0v) is 13.5. The molecule has 21 heavy (non-hydrogen) atoms. The number of ether oxygens (including phenoxy) is 2. The third-order valence-corrected chi connectivity index (χ3v) is 3.35. The number of rotatable bonds is 8. The molecule has 0 heterocycles. The van der Waals surface area contributed by atoms with Crippen molar-refractivity contribution in [2.75, 3.05) is 26.8 Å². The number of benzene rings is 1. The third kappa shape index (κ3) is 5.73. The number of hydrogen-bond donors (Lipinski definition) is 1. The number of methoxy groups -OCH3 is 1. The van der Waals surface area contributed by atoms with Crippen molar-refractivity contribution in [1.29, 1.82) is 0 Å². The molecule has 0 spiro atoms. The Hall–Kier alpha value is -1.60. The summed E-state index contributed by atoms with van der Waals surface area (Å²) in [6.07, 6.45) is -0.792. The SMILES string of the molecule is COCCN(CC(=O)O)C(=O)C(C)Oc1ccccc1Br. The Bertz CT molecular complexity index is 494. The monoisotopic (exact) mass is 359 g/mol. The van der Waals surface area contributed by atoms with Crippen LogP contribution in [0, 0.1) is 0 Å². The predicted octanol–water partition coefficient (Wildman–Crippen LogP) is 1.78. The van der Waals surface area contributed by atoms with Gasteiger partial charge in [0.25, 0.3) is 5.91 Å². The zero-order chi connectivity index (χ0) is 15.8. The van der Waals surface area contributed by atoms with Gasteiger partial charge in [-0.05, 0) is 35.0 Å². The van der Waals surface area contributed by atoms with Crippen LogP contribution in [-0.4, -0.2) is 54.8 Å². The molecular weight excluding hydrogens is 342 g/mol. The Labute approximate surface area is 131 Å². The number of halogens is 1. The molecule has 1 atom stereocenters. The van der Waals surface area contributed by atoms with Gasteiger partial charge in [0, 0.05) is 13.7 Å². The summed E-state index contributed by atoms with van der Waals surface area (Å²) in [6, 6.07) is 7.15. The number of nitrogens with zero attached hydrogens (tertiary/aromatic N) is 1. The van der Waals surface area contributed by atoms with E-state index in [4.69, 9.17) is 14.6 Å². The van der Waals surface area contributed by atoms with E-state index in [0.29, 0.717) is 5.75 Å². The molecule has 1 rings (SSSR count). The van der Waals surface area contributed by atoms with E-state index in [2.05, 4.69) is 15.9 Å². The van der Waals surface area contributed by atoms with Crippen LogP contribution in [0.15, 0.2) is 28.7 Å². The average Bonchev–Trinajstić information content (AvgIpc) is 2.44. The summed E-state index contributed by atoms with van der Waals surface area (Å²) >= 11 is 3.33. The lowest BCUT2D eigenvalue weighted by atomic mass is 10.3. The number of carbonyl (C=O) groups excluding carboxylic acids is 1. The lowest BCUT2D eigenvalue weighted by Gasteiger charge is -2.24. The van der Waals surface area contributed by atoms with E-state index in [-0.39, 0.29) is 19.7 Å². The number of carboxylic acid groups (broad SMARTS) is 1. The van der Waals surface area contributed by atoms with Crippen LogP contribution >= 0.6 is 15.9 Å². The van der Waals surface area contributed by atoms with Crippen molar-refractivity contribution >= 4 is 27.8 Å². The molecule has 1 aromatic carbocycles. The lowest BCUT2D eigenvalue weighted by Crippen LogP contribution is -2.44. The Morgan fingerprint density at radius 3 is 2.62 bits per heavy atom. The fraction of sp³-hybridized carbons (Fsp3) is 0.429. The molecule has 0 saturated carbocycles. The minimum Gasteiger partial charge on any atom is -0.480 e. The van der Waals surface area contributed by atoms with Crippen molar-refractivity contribution in [3.05, 3.63) is 28.7 Å². The summed E-state index contributed by atoms with van der Waals surface area (Å²) in [5.74, 6) is -0.946. The molecule has 1 unspecified atom stereocenters. The number of carbonyl (C=O) groups is 2. The van der Waals surface area contributed by atoms with E-state index < -0.39 is 18.0 Å². The van der Waals surface area contributed by atoms with Gasteiger partial charge in [0.05, 0.1) is 11.1 Å². The summed E-state index contributed by atoms with van der Waals surface area (Å²) < 4.78 is 11.2. The molecule has 116 valence electrons. The molecule has 7 heteroatoms. The van der Waals surface area contributed by atoms with E-state index in [0.717, 1.165) is 4.47 Å². The maximum Gasteiger partial charge on any atom is 0.323 e. The van der Waals surface area contributed by atoms with Crippen molar-refractivity contribution < 1.29 is 24.2 Å². The van der Waals surface area contributed by atoms with E-state index in [1.165, 1.54) is 12.0 Å². The second-order valence-corrected chi connectivity index (χ2v) is 5.19. The summed E-state index contributed by atoms with van der Waals surface area (Å²) in [5, 5.41) is 8.86. The quantitative estimate of drug-likeness (QED) is 0.765. The highest BCUT2D eigenvalue weighted by Crippen LogP contribution is 2.25. The first-order chi connectivity index (χ1) is 9.95. The van der Waals surface area contributed by atoms with Gasteiger partial charge >= 0.3 is 5.97 Å². The second-order valence-electron chi connectivity index (χ2n) is 4.34. The first-order valence-electron chi connectivity index (χ1n) is 6.36. The maximum atomic E-state index is 12.3. The molecule has 0 bridgehead atoms. The smallest absolute Gasteiger partial charge is 0.323 e. The lowest BCUT2D eigenvalue weighted by molar-refractivity contribution is -0.148. The predicted molar refractivity (Wildman–Crippen MR) is 80.3 cm³/mol. The van der Waals surface area contributed by atoms with Crippen LogP contribution < -0.4 is 4.74 Å². The van der Waals surface area contributed by atoms with Gasteiger partial charge in [-0.3, -0.25) is 9.59 Å². The number of para-hydroxylation sites is 1. The highest BCUT2D eigenvalue weighted by molar-refractivity contribution is 9.10. The third-order valence-electron chi connectivity index (χ3n) is 2.69. The van der Waals surface area contributed by atoms with Crippen LogP contribution in [0.1, 0.15) is 6.92 Å². The molecule has 0 aliphatic heterocycles. The van der Waals surface area contributed by atoms with Gasteiger partial charge in [0.1, 0.15) is 12.3 Å². The summed E-state index contributed by atoms with van der Waals surface area (Å²) in [5.41, 5.74) is 0. The van der Waals surface area contributed by atoms with Gasteiger partial charge in [-0.15, -0.1) is 0 Å². The highest BCUT2D eigenvalue weighted by Gasteiger charge is 2.24. The molecule has 0 aromatic heterocycles. The largest absolute Gasteiger partial charge is 0.480 e. The molecule has 0 aliphatic rings. The number of aliphatic carboxylic acids is 1. The van der Waals surface area contributed by atoms with Crippen LogP contribution in [0.4, 0.5) is 0 Å². The molecule has 1 aromatic rings. The van der Waals surface area contributed by atoms with Crippen molar-refractivity contribution in [2.45, 2.75) is 13.0 Å². The summed E-state index contributed by atoms with van der Waals surface area (Å²) in [6.45, 7) is 1.67. The molecule has 1 N–H and O–H groups in total. The van der Waals surface area contributed by atoms with Crippen LogP contribution in [-0.2, 0) is 14.3 Å². The van der Waals surface area contributed by atoms with Crippen LogP contribution in [0.5, 0.6) is 5.75 Å². The van der Waals surface area contributed by atoms with Gasteiger partial charge < -0.3 is 19.5 Å². The van der Waals surface area contributed by atoms with Crippen molar-refractivity contribution in [3.63, 3.8) is 0 Å². The molecule has 6 nitrogen and oxygen atoms in total. The average molecular weight is 360 g/mol. The Balaban J connectivity index is 2.73. The van der Waals surface area contributed by atoms with E-state index in [1.54, 1.807) is 25.1 Å². The topological polar surface area (TPSA) is 76.1 Å². The van der Waals surface area contributed by atoms with Crippen molar-refractivity contribution in [2.24, 2.45) is 0 Å². The Kier molecular flexibility index (Phi) is 7.18. The minimum absolute atomic E-state index is 0.200. The fourth-order valence-electron chi connectivity index (χ4n) is 1.67. The first-order valence-corrected chi connectivity index (χ1v) is 7.15. The van der Waals surface area contributed by atoms with Gasteiger partial charge in [-0.1, -0.05) is 12.1 Å². The van der Waals surface area contributed by atoms with Crippen molar-refractivity contribution in [3.8, 4) is 5.75 Å².